The highest BCUT2D eigenvalue weighted by Gasteiger charge is 2.01. The Bertz CT molecular complexity index is 415. The van der Waals surface area contributed by atoms with Crippen molar-refractivity contribution in [3.63, 3.8) is 0 Å². The van der Waals surface area contributed by atoms with Crippen LogP contribution in [0.5, 0.6) is 0 Å². The first-order chi connectivity index (χ1) is 9.33. The summed E-state index contributed by atoms with van der Waals surface area (Å²) in [6.45, 7) is 0.608. The minimum absolute atomic E-state index is 0.255. The fraction of sp³-hybridized carbons (Fsp3) is 0.438. The first kappa shape index (κ1) is 15.4. The highest BCUT2D eigenvalue weighted by molar-refractivity contribution is 5.78. The Morgan fingerprint density at radius 3 is 2.68 bits per heavy atom. The van der Waals surface area contributed by atoms with Gasteiger partial charge >= 0.3 is 0 Å². The van der Waals surface area contributed by atoms with Gasteiger partial charge in [0.2, 0.25) is 0 Å². The normalized spacial score (nSPS) is 9.74. The molecule has 0 bridgehead atoms. The van der Waals surface area contributed by atoms with Crippen LogP contribution >= 0.6 is 0 Å². The summed E-state index contributed by atoms with van der Waals surface area (Å²) in [6.07, 6.45) is 2.52. The lowest BCUT2D eigenvalue weighted by molar-refractivity contribution is -0.118. The Labute approximate surface area is 114 Å². The monoisotopic (exact) mass is 260 g/mol. The molecule has 1 rings (SSSR count). The van der Waals surface area contributed by atoms with Gasteiger partial charge in [-0.1, -0.05) is 36.3 Å². The summed E-state index contributed by atoms with van der Waals surface area (Å²) in [7, 11) is 1.57. The Morgan fingerprint density at radius 2 is 1.95 bits per heavy atom. The lowest BCUT2D eigenvalue weighted by Gasteiger charge is -1.99. The molecule has 0 aliphatic carbocycles. The standard InChI is InChI=1S/C16H20O3/c1-18-14-19-13-7-3-6-10-16(17)12-11-15-8-4-2-5-9-15/h2,4-5,8-9H,6,10-14H2,1H3. The maximum Gasteiger partial charge on any atom is 0.147 e. The van der Waals surface area contributed by atoms with Gasteiger partial charge in [-0.2, -0.15) is 0 Å². The van der Waals surface area contributed by atoms with E-state index in [1.807, 2.05) is 30.3 Å². The molecule has 0 aromatic heterocycles. The number of carbonyl (C=O) groups excluding carboxylic acids is 1. The van der Waals surface area contributed by atoms with Gasteiger partial charge in [0.05, 0.1) is 0 Å². The largest absolute Gasteiger partial charge is 0.359 e. The predicted molar refractivity (Wildman–Crippen MR) is 74.6 cm³/mol. The quantitative estimate of drug-likeness (QED) is 0.409. The van der Waals surface area contributed by atoms with Crippen molar-refractivity contribution in [1.82, 2.24) is 0 Å². The Balaban J connectivity index is 2.08. The smallest absolute Gasteiger partial charge is 0.147 e. The summed E-state index contributed by atoms with van der Waals surface area (Å²) < 4.78 is 9.73. The highest BCUT2D eigenvalue weighted by atomic mass is 16.7. The van der Waals surface area contributed by atoms with E-state index in [9.17, 15) is 4.79 Å². The molecular formula is C16H20O3. The van der Waals surface area contributed by atoms with Crippen molar-refractivity contribution in [1.29, 1.82) is 0 Å². The first-order valence-corrected chi connectivity index (χ1v) is 6.41. The molecule has 0 aliphatic heterocycles. The number of rotatable bonds is 8. The van der Waals surface area contributed by atoms with Crippen molar-refractivity contribution in [3.8, 4) is 11.8 Å². The van der Waals surface area contributed by atoms with Gasteiger partial charge in [0.25, 0.3) is 0 Å². The van der Waals surface area contributed by atoms with Crippen molar-refractivity contribution in [2.45, 2.75) is 25.7 Å². The molecule has 0 fully saturated rings. The number of benzene rings is 1. The van der Waals surface area contributed by atoms with E-state index in [-0.39, 0.29) is 12.6 Å². The molecule has 19 heavy (non-hydrogen) atoms. The number of ether oxygens (including phenoxy) is 2. The van der Waals surface area contributed by atoms with Crippen LogP contribution in [0.4, 0.5) is 0 Å². The maximum absolute atomic E-state index is 11.6. The van der Waals surface area contributed by atoms with Crippen LogP contribution in [-0.4, -0.2) is 26.3 Å². The Kier molecular flexibility index (Phi) is 8.37. The number of Topliss-reactive ketones (excluding diaryl/α,β-unsaturated/α-hetero) is 1. The summed E-state index contributed by atoms with van der Waals surface area (Å²) >= 11 is 0. The molecule has 3 heteroatoms. The summed E-state index contributed by atoms with van der Waals surface area (Å²) in [5, 5.41) is 0. The van der Waals surface area contributed by atoms with Gasteiger partial charge in [0, 0.05) is 26.4 Å². The average Bonchev–Trinajstić information content (AvgIpc) is 2.45. The molecule has 0 spiro atoms. The van der Waals surface area contributed by atoms with Crippen molar-refractivity contribution in [3.05, 3.63) is 35.9 Å². The van der Waals surface area contributed by atoms with Crippen LogP contribution < -0.4 is 0 Å². The lowest BCUT2D eigenvalue weighted by Crippen LogP contribution is -1.99. The molecule has 1 aromatic carbocycles. The van der Waals surface area contributed by atoms with Crippen molar-refractivity contribution in [2.75, 3.05) is 20.5 Å². The molecule has 1 aromatic rings. The second kappa shape index (κ2) is 10.3. The molecule has 0 N–H and O–H groups in total. The van der Waals surface area contributed by atoms with E-state index in [4.69, 9.17) is 9.47 Å². The van der Waals surface area contributed by atoms with Crippen LogP contribution in [0.3, 0.4) is 0 Å². The van der Waals surface area contributed by atoms with Crippen LogP contribution in [0.25, 0.3) is 0 Å². The van der Waals surface area contributed by atoms with E-state index in [0.717, 1.165) is 6.42 Å². The molecule has 0 heterocycles. The SMILES string of the molecule is COCOCC#CCCC(=O)CCc1ccccc1. The highest BCUT2D eigenvalue weighted by Crippen LogP contribution is 2.04. The van der Waals surface area contributed by atoms with Crippen molar-refractivity contribution >= 4 is 5.78 Å². The number of hydrogen-bond acceptors (Lipinski definition) is 3. The van der Waals surface area contributed by atoms with Crippen LogP contribution in [0.15, 0.2) is 30.3 Å². The third-order valence-corrected chi connectivity index (χ3v) is 2.56. The molecule has 0 atom stereocenters. The number of methoxy groups -OCH3 is 1. The fourth-order valence-corrected chi connectivity index (χ4v) is 1.57. The van der Waals surface area contributed by atoms with Gasteiger partial charge in [-0.25, -0.2) is 0 Å². The maximum atomic E-state index is 11.6. The van der Waals surface area contributed by atoms with Crippen LogP contribution in [-0.2, 0) is 20.7 Å². The fourth-order valence-electron chi connectivity index (χ4n) is 1.57. The summed E-state index contributed by atoms with van der Waals surface area (Å²) in [6, 6.07) is 10.0. The number of carbonyl (C=O) groups is 1. The average molecular weight is 260 g/mol. The van der Waals surface area contributed by atoms with E-state index in [1.54, 1.807) is 7.11 Å². The number of hydrogen-bond donors (Lipinski definition) is 0. The zero-order valence-corrected chi connectivity index (χ0v) is 11.4. The minimum Gasteiger partial charge on any atom is -0.359 e. The third kappa shape index (κ3) is 8.15. The van der Waals surface area contributed by atoms with Gasteiger partial charge in [-0.05, 0) is 12.0 Å². The molecule has 0 unspecified atom stereocenters. The molecule has 3 nitrogen and oxygen atoms in total. The minimum atomic E-state index is 0.255. The van der Waals surface area contributed by atoms with Crippen LogP contribution in [0.2, 0.25) is 0 Å². The van der Waals surface area contributed by atoms with E-state index in [2.05, 4.69) is 11.8 Å². The topological polar surface area (TPSA) is 35.5 Å². The molecule has 0 amide bonds. The van der Waals surface area contributed by atoms with Crippen LogP contribution in [0, 0.1) is 11.8 Å². The molecule has 0 radical (unpaired) electrons. The lowest BCUT2D eigenvalue weighted by atomic mass is 10.1. The van der Waals surface area contributed by atoms with E-state index in [0.29, 0.717) is 25.9 Å². The molecule has 102 valence electrons. The van der Waals surface area contributed by atoms with E-state index < -0.39 is 0 Å². The Hall–Kier alpha value is -1.63. The van der Waals surface area contributed by atoms with Gasteiger partial charge in [0.15, 0.2) is 0 Å². The second-order valence-electron chi connectivity index (χ2n) is 4.13. The van der Waals surface area contributed by atoms with Crippen LogP contribution in [0.1, 0.15) is 24.8 Å². The van der Waals surface area contributed by atoms with Gasteiger partial charge in [-0.3, -0.25) is 4.79 Å². The van der Waals surface area contributed by atoms with E-state index in [1.165, 1.54) is 5.56 Å². The van der Waals surface area contributed by atoms with Crippen molar-refractivity contribution in [2.24, 2.45) is 0 Å². The molecule has 0 saturated carbocycles. The zero-order chi connectivity index (χ0) is 13.8. The second-order valence-corrected chi connectivity index (χ2v) is 4.13. The molecule has 0 saturated heterocycles. The van der Waals surface area contributed by atoms with Gasteiger partial charge < -0.3 is 9.47 Å². The summed E-state index contributed by atoms with van der Waals surface area (Å²) in [5.41, 5.74) is 1.20. The zero-order valence-electron chi connectivity index (χ0n) is 11.4. The molecule has 0 aliphatic rings. The summed E-state index contributed by atoms with van der Waals surface area (Å²) in [4.78, 5) is 11.6. The predicted octanol–water partition coefficient (Wildman–Crippen LogP) is 2.59. The van der Waals surface area contributed by atoms with Gasteiger partial charge in [0.1, 0.15) is 19.2 Å². The third-order valence-electron chi connectivity index (χ3n) is 2.56. The number of ketones is 1. The van der Waals surface area contributed by atoms with E-state index >= 15 is 0 Å². The summed E-state index contributed by atoms with van der Waals surface area (Å²) in [5.74, 6) is 6.03. The first-order valence-electron chi connectivity index (χ1n) is 6.41. The number of aryl methyl sites for hydroxylation is 1. The van der Waals surface area contributed by atoms with Gasteiger partial charge in [-0.15, -0.1) is 5.92 Å². The Morgan fingerprint density at radius 1 is 1.16 bits per heavy atom. The van der Waals surface area contributed by atoms with Crippen molar-refractivity contribution < 1.29 is 14.3 Å². The molecular weight excluding hydrogens is 240 g/mol.